The van der Waals surface area contributed by atoms with Crippen LogP contribution in [0.15, 0.2) is 12.7 Å². The lowest BCUT2D eigenvalue weighted by atomic mass is 10.6. The normalized spacial score (nSPS) is 6.44. The van der Waals surface area contributed by atoms with E-state index in [1.54, 1.807) is 0 Å². The number of aliphatic hydroxyl groups is 1. The maximum Gasteiger partial charge on any atom is 0.404 e. The van der Waals surface area contributed by atoms with E-state index in [9.17, 15) is 4.79 Å². The first-order chi connectivity index (χ1) is 4.27. The van der Waals surface area contributed by atoms with E-state index in [0.29, 0.717) is 6.54 Å². The van der Waals surface area contributed by atoms with Crippen molar-refractivity contribution in [3.05, 3.63) is 12.7 Å². The highest BCUT2D eigenvalue weighted by Gasteiger charge is 1.84. The van der Waals surface area contributed by atoms with Crippen LogP contribution in [0.25, 0.3) is 0 Å². The smallest absolute Gasteiger partial charge is 0.404 e. The summed E-state index contributed by atoms with van der Waals surface area (Å²) in [5.74, 6) is 0. The molecule has 0 aliphatic rings. The maximum atomic E-state index is 9.60. The van der Waals surface area contributed by atoms with Gasteiger partial charge in [-0.05, 0) is 0 Å². The van der Waals surface area contributed by atoms with Crippen LogP contribution in [0, 0.1) is 0 Å². The van der Waals surface area contributed by atoms with Gasteiger partial charge in [-0.15, -0.1) is 6.58 Å². The predicted molar refractivity (Wildman–Crippen MR) is 34.4 cm³/mol. The maximum absolute atomic E-state index is 9.60. The summed E-state index contributed by atoms with van der Waals surface area (Å²) >= 11 is 0. The van der Waals surface area contributed by atoms with Crippen molar-refractivity contribution in [2.24, 2.45) is 0 Å². The van der Waals surface area contributed by atoms with Gasteiger partial charge in [0, 0.05) is 13.7 Å². The van der Waals surface area contributed by atoms with Crippen molar-refractivity contribution < 1.29 is 15.0 Å². The van der Waals surface area contributed by atoms with Crippen LogP contribution in [-0.2, 0) is 0 Å². The molecule has 0 unspecified atom stereocenters. The van der Waals surface area contributed by atoms with Crippen molar-refractivity contribution in [1.82, 2.24) is 5.32 Å². The molecule has 0 heterocycles. The van der Waals surface area contributed by atoms with Gasteiger partial charge in [-0.2, -0.15) is 0 Å². The zero-order valence-electron chi connectivity index (χ0n) is 5.29. The number of nitrogens with one attached hydrogen (secondary N) is 1. The monoisotopic (exact) mass is 133 g/mol. The number of rotatable bonds is 2. The lowest BCUT2D eigenvalue weighted by Crippen LogP contribution is -2.19. The quantitative estimate of drug-likeness (QED) is 0.466. The summed E-state index contributed by atoms with van der Waals surface area (Å²) in [5.41, 5.74) is 0. The minimum Gasteiger partial charge on any atom is -0.465 e. The van der Waals surface area contributed by atoms with Gasteiger partial charge in [-0.3, -0.25) is 0 Å². The molecule has 0 fully saturated rings. The summed E-state index contributed by atoms with van der Waals surface area (Å²) in [6.45, 7) is 3.62. The van der Waals surface area contributed by atoms with Crippen LogP contribution in [0.4, 0.5) is 4.79 Å². The first-order valence-corrected chi connectivity index (χ1v) is 2.29. The molecule has 3 N–H and O–H groups in total. The van der Waals surface area contributed by atoms with E-state index in [2.05, 4.69) is 11.9 Å². The van der Waals surface area contributed by atoms with Crippen LogP contribution >= 0.6 is 0 Å². The van der Waals surface area contributed by atoms with E-state index < -0.39 is 6.09 Å². The molecule has 0 saturated carbocycles. The van der Waals surface area contributed by atoms with Gasteiger partial charge in [0.2, 0.25) is 0 Å². The number of carboxylic acid groups (broad SMARTS) is 1. The van der Waals surface area contributed by atoms with Crippen LogP contribution in [-0.4, -0.2) is 30.0 Å². The lowest BCUT2D eigenvalue weighted by molar-refractivity contribution is 0.195. The van der Waals surface area contributed by atoms with Gasteiger partial charge >= 0.3 is 6.09 Å². The van der Waals surface area contributed by atoms with E-state index in [1.807, 2.05) is 0 Å². The topological polar surface area (TPSA) is 69.6 Å². The fourth-order valence-electron chi connectivity index (χ4n) is 0.159. The molecule has 0 radical (unpaired) electrons. The first kappa shape index (κ1) is 10.9. The van der Waals surface area contributed by atoms with E-state index in [0.717, 1.165) is 7.11 Å². The summed E-state index contributed by atoms with van der Waals surface area (Å²) in [4.78, 5) is 9.60. The van der Waals surface area contributed by atoms with Crippen molar-refractivity contribution in [3.63, 3.8) is 0 Å². The Kier molecular flexibility index (Phi) is 12.1. The van der Waals surface area contributed by atoms with Gasteiger partial charge < -0.3 is 15.5 Å². The highest BCUT2D eigenvalue weighted by molar-refractivity contribution is 5.64. The Hall–Kier alpha value is -1.03. The van der Waals surface area contributed by atoms with Gasteiger partial charge in [0.25, 0.3) is 0 Å². The fourth-order valence-corrected chi connectivity index (χ4v) is 0.159. The van der Waals surface area contributed by atoms with Crippen molar-refractivity contribution >= 4 is 6.09 Å². The van der Waals surface area contributed by atoms with Gasteiger partial charge in [-0.1, -0.05) is 6.08 Å². The summed E-state index contributed by atoms with van der Waals surface area (Å²) < 4.78 is 0. The number of hydrogen-bond acceptors (Lipinski definition) is 2. The molecule has 0 aliphatic carbocycles. The molecule has 0 bridgehead atoms. The number of hydrogen-bond donors (Lipinski definition) is 3. The average Bonchev–Trinajstić information content (AvgIpc) is 1.88. The summed E-state index contributed by atoms with van der Waals surface area (Å²) in [5, 5.41) is 17.0. The molecular formula is C5H11NO3. The summed E-state index contributed by atoms with van der Waals surface area (Å²) in [7, 11) is 1.00. The minimum atomic E-state index is -1.01. The van der Waals surface area contributed by atoms with Crippen LogP contribution in [0.5, 0.6) is 0 Å². The first-order valence-electron chi connectivity index (χ1n) is 2.29. The van der Waals surface area contributed by atoms with E-state index in [1.165, 1.54) is 6.08 Å². The van der Waals surface area contributed by atoms with Crippen LogP contribution in [0.3, 0.4) is 0 Å². The van der Waals surface area contributed by atoms with Crippen molar-refractivity contribution in [3.8, 4) is 0 Å². The van der Waals surface area contributed by atoms with Crippen molar-refractivity contribution in [1.29, 1.82) is 0 Å². The predicted octanol–water partition coefficient (Wildman–Crippen LogP) is 0.0485. The van der Waals surface area contributed by atoms with Crippen molar-refractivity contribution in [2.45, 2.75) is 0 Å². The molecule has 0 atom stereocenters. The van der Waals surface area contributed by atoms with Crippen LogP contribution in [0.2, 0.25) is 0 Å². The van der Waals surface area contributed by atoms with Gasteiger partial charge in [-0.25, -0.2) is 4.79 Å². The Morgan fingerprint density at radius 1 is 1.78 bits per heavy atom. The number of aliphatic hydroxyl groups excluding tert-OH is 1. The Morgan fingerprint density at radius 2 is 2.22 bits per heavy atom. The Balaban J connectivity index is 0. The second kappa shape index (κ2) is 10.1. The zero-order valence-corrected chi connectivity index (χ0v) is 5.29. The number of amides is 1. The molecule has 0 aromatic rings. The molecule has 0 aliphatic heterocycles. The van der Waals surface area contributed by atoms with Crippen LogP contribution < -0.4 is 5.32 Å². The molecular weight excluding hydrogens is 122 g/mol. The SMILES string of the molecule is C=CCNC(=O)O.CO. The second-order valence-electron chi connectivity index (χ2n) is 0.975. The molecule has 0 rings (SSSR count). The molecule has 9 heavy (non-hydrogen) atoms. The third-order valence-corrected chi connectivity index (χ3v) is 0.398. The second-order valence-corrected chi connectivity index (χ2v) is 0.975. The largest absolute Gasteiger partial charge is 0.465 e. The Bertz CT molecular complexity index is 82.3. The van der Waals surface area contributed by atoms with E-state index in [-0.39, 0.29) is 0 Å². The highest BCUT2D eigenvalue weighted by Crippen LogP contribution is 1.59. The van der Waals surface area contributed by atoms with Gasteiger partial charge in [0.15, 0.2) is 0 Å². The van der Waals surface area contributed by atoms with E-state index >= 15 is 0 Å². The molecule has 0 aromatic heterocycles. The standard InChI is InChI=1S/C4H7NO2.CH4O/c1-2-3-5-4(6)7;1-2/h2,5H,1,3H2,(H,6,7);2H,1H3. The van der Waals surface area contributed by atoms with Gasteiger partial charge in [0.1, 0.15) is 0 Å². The molecule has 0 spiro atoms. The summed E-state index contributed by atoms with van der Waals surface area (Å²) in [6, 6.07) is 0. The molecule has 4 nitrogen and oxygen atoms in total. The number of carbonyl (C=O) groups is 1. The summed E-state index contributed by atoms with van der Waals surface area (Å²) in [6.07, 6.45) is 0.466. The third-order valence-electron chi connectivity index (χ3n) is 0.398. The minimum absolute atomic E-state index is 0.315. The molecule has 4 heteroatoms. The molecule has 0 saturated heterocycles. The Morgan fingerprint density at radius 3 is 2.33 bits per heavy atom. The molecule has 54 valence electrons. The third kappa shape index (κ3) is 19.5. The lowest BCUT2D eigenvalue weighted by Gasteiger charge is -1.88. The van der Waals surface area contributed by atoms with Crippen LogP contribution in [0.1, 0.15) is 0 Å². The van der Waals surface area contributed by atoms with Crippen molar-refractivity contribution in [2.75, 3.05) is 13.7 Å². The fraction of sp³-hybridized carbons (Fsp3) is 0.400. The Labute approximate surface area is 53.8 Å². The zero-order chi connectivity index (χ0) is 7.70. The van der Waals surface area contributed by atoms with Gasteiger partial charge in [0.05, 0.1) is 0 Å². The molecule has 1 amide bonds. The highest BCUT2D eigenvalue weighted by atomic mass is 16.4. The average molecular weight is 133 g/mol. The molecule has 0 aromatic carbocycles. The van der Waals surface area contributed by atoms with E-state index in [4.69, 9.17) is 10.2 Å².